The zero-order valence-electron chi connectivity index (χ0n) is 13.7. The molecule has 0 spiro atoms. The molecule has 3 aliphatic rings. The summed E-state index contributed by atoms with van der Waals surface area (Å²) >= 11 is 8.37. The van der Waals surface area contributed by atoms with E-state index in [1.165, 1.54) is 27.8 Å². The van der Waals surface area contributed by atoms with Crippen LogP contribution in [0.15, 0.2) is 48.6 Å². The van der Waals surface area contributed by atoms with E-state index in [1.807, 2.05) is 0 Å². The molecule has 125 valence electrons. The van der Waals surface area contributed by atoms with Gasteiger partial charge in [0, 0.05) is 0 Å². The molecule has 0 N–H and O–H groups in total. The summed E-state index contributed by atoms with van der Waals surface area (Å²) in [6.07, 6.45) is 7.78. The molecule has 0 fully saturated rings. The molecule has 0 radical (unpaired) electrons. The number of benzene rings is 2. The number of fused-ring (bicyclic) bond motifs is 5. The Bertz CT molecular complexity index is 935. The van der Waals surface area contributed by atoms with Crippen LogP contribution in [-0.4, -0.2) is 7.38 Å². The minimum Gasteiger partial charge on any atom is -1.00 e. The fourth-order valence-corrected chi connectivity index (χ4v) is 11.5. The van der Waals surface area contributed by atoms with Gasteiger partial charge in [-0.1, -0.05) is 0 Å². The van der Waals surface area contributed by atoms with E-state index < -0.39 is 7.38 Å². The SMILES string of the molecule is CC[Si]1(Cl)c2c(C3=CC=CC3)cc3c(c21)[CH]([Hf+2])c1ccccc1-3.[Cl-].[Cl-]. The topological polar surface area (TPSA) is 0 Å². The third-order valence-corrected chi connectivity index (χ3v) is 13.0. The average molecular weight is 569 g/mol. The molecule has 0 saturated carbocycles. The summed E-state index contributed by atoms with van der Waals surface area (Å²) in [4.78, 5) is 0. The van der Waals surface area contributed by atoms with Crippen LogP contribution in [0.3, 0.4) is 0 Å². The van der Waals surface area contributed by atoms with Gasteiger partial charge in [-0.25, -0.2) is 0 Å². The Morgan fingerprint density at radius 1 is 1.12 bits per heavy atom. The molecule has 25 heavy (non-hydrogen) atoms. The summed E-state index contributed by atoms with van der Waals surface area (Å²) in [7, 11) is -1.84. The van der Waals surface area contributed by atoms with Crippen molar-refractivity contribution in [1.82, 2.24) is 0 Å². The van der Waals surface area contributed by atoms with Gasteiger partial charge < -0.3 is 24.8 Å². The molecule has 1 heterocycles. The molecule has 2 aromatic carbocycles. The van der Waals surface area contributed by atoms with Crippen molar-refractivity contribution in [1.29, 1.82) is 0 Å². The summed E-state index contributed by atoms with van der Waals surface area (Å²) in [5.41, 5.74) is 8.98. The molecule has 2 atom stereocenters. The maximum Gasteiger partial charge on any atom is -1.00 e. The maximum atomic E-state index is 7.21. The molecule has 0 amide bonds. The molecule has 5 heteroatoms. The Balaban J connectivity index is 0.000000911. The number of allylic oxidation sites excluding steroid dienone is 4. The summed E-state index contributed by atoms with van der Waals surface area (Å²) in [5, 5.41) is 3.15. The Kier molecular flexibility index (Phi) is 5.34. The van der Waals surface area contributed by atoms with Gasteiger partial charge in [-0.05, 0) is 0 Å². The first-order valence-electron chi connectivity index (χ1n) is 8.24. The summed E-state index contributed by atoms with van der Waals surface area (Å²) in [5.74, 6) is 0. The van der Waals surface area contributed by atoms with E-state index in [2.05, 4.69) is 55.5 Å². The summed E-state index contributed by atoms with van der Waals surface area (Å²) < 4.78 is 0.624. The molecule has 0 nitrogen and oxygen atoms in total. The van der Waals surface area contributed by atoms with Crippen molar-refractivity contribution < 1.29 is 49.2 Å². The smallest absolute Gasteiger partial charge is 1.00 e. The molecule has 5 rings (SSSR count). The van der Waals surface area contributed by atoms with Gasteiger partial charge >= 0.3 is 158 Å². The standard InChI is InChI=1S/C20H16ClSi.2ClH.Hf/c1-2-22(21)19-16(13-7-3-4-8-13)12-17-15-10-6-5-9-14(15)11-18(17)20(19)22;;;/h3-7,9-12H,2,8H2,1H3;2*1H;/q;;;+2/p-2. The van der Waals surface area contributed by atoms with Crippen LogP contribution in [0.4, 0.5) is 0 Å². The van der Waals surface area contributed by atoms with E-state index >= 15 is 0 Å². The second-order valence-electron chi connectivity index (χ2n) is 6.63. The van der Waals surface area contributed by atoms with E-state index in [1.54, 1.807) is 15.9 Å². The Morgan fingerprint density at radius 2 is 1.88 bits per heavy atom. The number of hydrogen-bond acceptors (Lipinski definition) is 0. The molecule has 2 aromatic rings. The predicted molar refractivity (Wildman–Crippen MR) is 96.8 cm³/mol. The van der Waals surface area contributed by atoms with E-state index in [0.717, 1.165) is 36.8 Å². The predicted octanol–water partition coefficient (Wildman–Crippen LogP) is -1.71. The van der Waals surface area contributed by atoms with E-state index in [9.17, 15) is 0 Å². The number of hydrogen-bond donors (Lipinski definition) is 0. The quantitative estimate of drug-likeness (QED) is 0.299. The fourth-order valence-electron chi connectivity index (χ4n) is 4.35. The van der Waals surface area contributed by atoms with Crippen LogP contribution >= 0.6 is 11.1 Å². The van der Waals surface area contributed by atoms with Gasteiger partial charge in [0.15, 0.2) is 0 Å². The molecule has 0 bridgehead atoms. The third kappa shape index (κ3) is 2.56. The molecular weight excluding hydrogens is 553 g/mol. The van der Waals surface area contributed by atoms with Crippen LogP contribution in [0.1, 0.15) is 33.7 Å². The summed E-state index contributed by atoms with van der Waals surface area (Å²) in [6.45, 7) is 2.28. The van der Waals surface area contributed by atoms with Crippen molar-refractivity contribution in [3.05, 3.63) is 65.3 Å². The molecule has 0 aromatic heterocycles. The molecule has 2 unspecified atom stereocenters. The average Bonchev–Trinajstić information content (AvgIpc) is 2.96. The van der Waals surface area contributed by atoms with Gasteiger partial charge in [0.25, 0.3) is 0 Å². The van der Waals surface area contributed by atoms with Gasteiger partial charge in [0.05, 0.1) is 0 Å². The van der Waals surface area contributed by atoms with Crippen LogP contribution in [0.5, 0.6) is 0 Å². The second kappa shape index (κ2) is 6.80. The van der Waals surface area contributed by atoms with Crippen molar-refractivity contribution in [3.63, 3.8) is 0 Å². The fraction of sp³-hybridized carbons (Fsp3) is 0.200. The van der Waals surface area contributed by atoms with Gasteiger partial charge in [-0.2, -0.15) is 0 Å². The molecule has 1 aliphatic heterocycles. The Labute approximate surface area is 181 Å². The minimum atomic E-state index is -1.84. The Hall–Kier alpha value is -0.123. The van der Waals surface area contributed by atoms with Gasteiger partial charge in [0.1, 0.15) is 0 Å². The van der Waals surface area contributed by atoms with Crippen molar-refractivity contribution in [2.45, 2.75) is 23.1 Å². The first-order chi connectivity index (χ1) is 11.2. The molecule has 0 saturated heterocycles. The van der Waals surface area contributed by atoms with Crippen molar-refractivity contribution >= 4 is 34.4 Å². The normalized spacial score (nSPS) is 23.8. The Morgan fingerprint density at radius 3 is 2.56 bits per heavy atom. The molecule has 2 aliphatic carbocycles. The van der Waals surface area contributed by atoms with Crippen LogP contribution < -0.4 is 35.2 Å². The van der Waals surface area contributed by atoms with Gasteiger partial charge in [-0.3, -0.25) is 0 Å². The van der Waals surface area contributed by atoms with E-state index in [0.29, 0.717) is 3.67 Å². The van der Waals surface area contributed by atoms with Crippen LogP contribution in [0.2, 0.25) is 6.04 Å². The minimum absolute atomic E-state index is 0. The second-order valence-corrected chi connectivity index (χ2v) is 14.0. The van der Waals surface area contributed by atoms with Crippen LogP contribution in [0, 0.1) is 0 Å². The third-order valence-electron chi connectivity index (χ3n) is 5.55. The number of halogens is 3. The van der Waals surface area contributed by atoms with Crippen molar-refractivity contribution in [3.8, 4) is 11.1 Å². The summed E-state index contributed by atoms with van der Waals surface area (Å²) in [6, 6.07) is 12.6. The maximum absolute atomic E-state index is 7.21. The monoisotopic (exact) mass is 569 g/mol. The first-order valence-corrected chi connectivity index (χ1v) is 13.5. The van der Waals surface area contributed by atoms with Crippen molar-refractivity contribution in [2.24, 2.45) is 0 Å². The zero-order valence-corrected chi connectivity index (χ0v) is 20.6. The van der Waals surface area contributed by atoms with Crippen LogP contribution in [-0.2, 0) is 24.4 Å². The molecular formula is C20H16Cl3HfSi. The van der Waals surface area contributed by atoms with Gasteiger partial charge in [-0.15, -0.1) is 0 Å². The van der Waals surface area contributed by atoms with Crippen molar-refractivity contribution in [2.75, 3.05) is 0 Å². The number of rotatable bonds is 2. The largest absolute Gasteiger partial charge is 1.00 e. The van der Waals surface area contributed by atoms with Gasteiger partial charge in [0.2, 0.25) is 0 Å². The van der Waals surface area contributed by atoms with Crippen LogP contribution in [0.25, 0.3) is 16.7 Å². The zero-order chi connectivity index (χ0) is 15.8. The first kappa shape index (κ1) is 19.6. The van der Waals surface area contributed by atoms with E-state index in [4.69, 9.17) is 11.1 Å². The van der Waals surface area contributed by atoms with E-state index in [-0.39, 0.29) is 24.8 Å².